The third-order valence-corrected chi connectivity index (χ3v) is 19.5. The fourth-order valence-corrected chi connectivity index (χ4v) is 10.7. The molecule has 0 N–H and O–H groups in total. The Morgan fingerprint density at radius 3 is 2.30 bits per heavy atom. The first-order valence-corrected chi connectivity index (χ1v) is 19.7. The molecule has 1 saturated carbocycles. The molecule has 1 saturated heterocycles. The summed E-state index contributed by atoms with van der Waals surface area (Å²) in [7, 11) is -4.12. The number of benzene rings is 1. The number of carbonyl (C=O) groups is 2. The Balaban J connectivity index is 1.58. The first-order chi connectivity index (χ1) is 17.2. The molecule has 4 aliphatic rings. The van der Waals surface area contributed by atoms with Crippen molar-refractivity contribution >= 4 is 28.2 Å². The Kier molecular flexibility index (Phi) is 6.38. The molecule has 5 rings (SSSR count). The van der Waals surface area contributed by atoms with Gasteiger partial charge in [0.15, 0.2) is 25.5 Å². The number of Topliss-reactive ketones (excluding diaryl/α,β-unsaturated/α-hetero) is 2. The van der Waals surface area contributed by atoms with Crippen molar-refractivity contribution in [3.8, 4) is 5.75 Å². The summed E-state index contributed by atoms with van der Waals surface area (Å²) in [4.78, 5) is 27.8. The topological polar surface area (TPSA) is 65.1 Å². The van der Waals surface area contributed by atoms with Crippen molar-refractivity contribution in [2.75, 3.05) is 0 Å². The Labute approximate surface area is 224 Å². The molecule has 2 fully saturated rings. The van der Waals surface area contributed by atoms with Gasteiger partial charge in [-0.1, -0.05) is 59.8 Å². The monoisotopic (exact) mass is 540 g/mol. The summed E-state index contributed by atoms with van der Waals surface area (Å²) in [6, 6.07) is 9.01. The fourth-order valence-electron chi connectivity index (χ4n) is 6.78. The van der Waals surface area contributed by atoms with Crippen molar-refractivity contribution in [2.45, 2.75) is 115 Å². The molecule has 0 amide bonds. The van der Waals surface area contributed by atoms with E-state index in [4.69, 9.17) is 13.6 Å². The maximum atomic E-state index is 14.2. The molecule has 202 valence electrons. The van der Waals surface area contributed by atoms with Crippen LogP contribution < -0.4 is 4.43 Å². The molecule has 3 aliphatic carbocycles. The summed E-state index contributed by atoms with van der Waals surface area (Å²) in [6.45, 7) is 19.8. The number of allylic oxidation sites excluding steroid dienone is 1. The first-order valence-electron chi connectivity index (χ1n) is 14.2. The second kappa shape index (κ2) is 8.73. The van der Waals surface area contributed by atoms with Gasteiger partial charge in [-0.05, 0) is 55.7 Å². The Bertz CT molecular complexity index is 1150. The van der Waals surface area contributed by atoms with Crippen molar-refractivity contribution in [3.63, 3.8) is 0 Å². The first kappa shape index (κ1) is 27.0. The molecule has 5 nitrogen and oxygen atoms in total. The number of hydrogen-bond donors (Lipinski definition) is 0. The zero-order valence-electron chi connectivity index (χ0n) is 24.1. The SMILES string of the molecule is CC[Si](CC)(CC)O[C@@H]1[C@@H]2C(=CC[C@H]3c4c(O[Si](C)(C)C(C)(C)C)cccc4C(=O)[C@@H]23)C(=O)[C@@]2(C)O[C@@H]12. The van der Waals surface area contributed by atoms with Crippen LogP contribution in [0, 0.1) is 11.8 Å². The van der Waals surface area contributed by atoms with Crippen LogP contribution in [0.5, 0.6) is 5.75 Å². The summed E-state index contributed by atoms with van der Waals surface area (Å²) in [6.07, 6.45) is 2.25. The van der Waals surface area contributed by atoms with E-state index in [1.54, 1.807) is 0 Å². The van der Waals surface area contributed by atoms with Crippen LogP contribution in [0.4, 0.5) is 0 Å². The lowest BCUT2D eigenvalue weighted by molar-refractivity contribution is -0.122. The molecule has 0 radical (unpaired) electrons. The van der Waals surface area contributed by atoms with Crippen LogP contribution in [0.1, 0.15) is 76.7 Å². The molecule has 0 aromatic heterocycles. The number of fused-ring (bicyclic) bond motifs is 6. The van der Waals surface area contributed by atoms with Gasteiger partial charge >= 0.3 is 0 Å². The Morgan fingerprint density at radius 2 is 1.70 bits per heavy atom. The number of hydrogen-bond acceptors (Lipinski definition) is 5. The van der Waals surface area contributed by atoms with Crippen molar-refractivity contribution in [3.05, 3.63) is 41.0 Å². The summed E-state index contributed by atoms with van der Waals surface area (Å²) >= 11 is 0. The second-order valence-electron chi connectivity index (χ2n) is 13.3. The van der Waals surface area contributed by atoms with Gasteiger partial charge in [0, 0.05) is 34.5 Å². The van der Waals surface area contributed by atoms with Crippen molar-refractivity contribution in [2.24, 2.45) is 11.8 Å². The van der Waals surface area contributed by atoms with Gasteiger partial charge in [-0.15, -0.1) is 0 Å². The van der Waals surface area contributed by atoms with E-state index in [0.29, 0.717) is 6.42 Å². The van der Waals surface area contributed by atoms with E-state index in [1.807, 2.05) is 25.1 Å². The molecule has 7 heteroatoms. The summed E-state index contributed by atoms with van der Waals surface area (Å²) in [5.74, 6) is 0.481. The minimum Gasteiger partial charge on any atom is -0.543 e. The molecule has 1 aromatic rings. The molecule has 0 unspecified atom stereocenters. The molecule has 6 atom stereocenters. The summed E-state index contributed by atoms with van der Waals surface area (Å²) in [5.41, 5.74) is 1.77. The van der Waals surface area contributed by atoms with Gasteiger partial charge in [-0.3, -0.25) is 9.59 Å². The summed E-state index contributed by atoms with van der Waals surface area (Å²) < 4.78 is 20.1. The van der Waals surface area contributed by atoms with E-state index in [0.717, 1.165) is 40.6 Å². The highest BCUT2D eigenvalue weighted by Gasteiger charge is 2.71. The van der Waals surface area contributed by atoms with Gasteiger partial charge in [-0.2, -0.15) is 0 Å². The average Bonchev–Trinajstić information content (AvgIpc) is 3.47. The second-order valence-corrected chi connectivity index (χ2v) is 22.7. The van der Waals surface area contributed by atoms with Gasteiger partial charge in [0.2, 0.25) is 8.32 Å². The zero-order chi connectivity index (χ0) is 27.1. The largest absolute Gasteiger partial charge is 0.543 e. The molecule has 0 bridgehead atoms. The third kappa shape index (κ3) is 3.90. The van der Waals surface area contributed by atoms with Crippen LogP contribution in [-0.2, 0) is 14.0 Å². The standard InChI is InChI=1S/C30H44O5Si2/c1-10-37(11-2,12-3)35-26-24-20(27(32)30(7)28(26)33-30)17-16-18-22-19(25(31)23(18)24)14-13-15-21(22)34-36(8,9)29(4,5)6/h13-15,17-18,23-24,26,28H,10-12,16H2,1-9H3/t18-,23+,24+,26+,28-,30+/m0/s1. The van der Waals surface area contributed by atoms with Crippen LogP contribution in [0.25, 0.3) is 0 Å². The average molecular weight is 541 g/mol. The van der Waals surface area contributed by atoms with E-state index in [-0.39, 0.29) is 46.6 Å². The molecule has 1 aromatic carbocycles. The van der Waals surface area contributed by atoms with Gasteiger partial charge in [-0.25, -0.2) is 0 Å². The molecule has 1 heterocycles. The lowest BCUT2D eigenvalue weighted by Crippen LogP contribution is -2.55. The minimum atomic E-state index is -2.11. The van der Waals surface area contributed by atoms with E-state index >= 15 is 0 Å². The number of ether oxygens (including phenoxy) is 1. The lowest BCUT2D eigenvalue weighted by Gasteiger charge is -2.44. The fraction of sp³-hybridized carbons (Fsp3) is 0.667. The van der Waals surface area contributed by atoms with Gasteiger partial charge < -0.3 is 13.6 Å². The minimum absolute atomic E-state index is 0.000158. The molecule has 0 spiro atoms. The number of rotatable bonds is 7. The van der Waals surface area contributed by atoms with Gasteiger partial charge in [0.25, 0.3) is 0 Å². The van der Waals surface area contributed by atoms with Crippen LogP contribution in [0.3, 0.4) is 0 Å². The quantitative estimate of drug-likeness (QED) is 0.274. The maximum Gasteiger partial charge on any atom is 0.250 e. The van der Waals surface area contributed by atoms with E-state index in [2.05, 4.69) is 60.7 Å². The highest BCUT2D eigenvalue weighted by atomic mass is 28.4. The van der Waals surface area contributed by atoms with Crippen LogP contribution in [-0.4, -0.2) is 46.0 Å². The van der Waals surface area contributed by atoms with Crippen LogP contribution in [0.2, 0.25) is 36.3 Å². The zero-order valence-corrected chi connectivity index (χ0v) is 26.1. The smallest absolute Gasteiger partial charge is 0.250 e. The number of carbonyl (C=O) groups excluding carboxylic acids is 2. The highest BCUT2D eigenvalue weighted by molar-refractivity contribution is 6.74. The predicted octanol–water partition coefficient (Wildman–Crippen LogP) is 7.04. The maximum absolute atomic E-state index is 14.2. The van der Waals surface area contributed by atoms with Crippen molar-refractivity contribution < 1.29 is 23.2 Å². The molecule has 1 aliphatic heterocycles. The molecular formula is C30H44O5Si2. The third-order valence-electron chi connectivity index (χ3n) is 10.5. The van der Waals surface area contributed by atoms with Gasteiger partial charge in [0.1, 0.15) is 11.9 Å². The number of ketones is 2. The van der Waals surface area contributed by atoms with E-state index < -0.39 is 22.2 Å². The molecule has 37 heavy (non-hydrogen) atoms. The normalized spacial score (nSPS) is 32.8. The lowest BCUT2D eigenvalue weighted by atomic mass is 9.63. The van der Waals surface area contributed by atoms with Crippen LogP contribution in [0.15, 0.2) is 29.8 Å². The number of epoxide rings is 1. The van der Waals surface area contributed by atoms with Crippen molar-refractivity contribution in [1.29, 1.82) is 0 Å². The predicted molar refractivity (Wildman–Crippen MR) is 151 cm³/mol. The van der Waals surface area contributed by atoms with Crippen LogP contribution >= 0.6 is 0 Å². The van der Waals surface area contributed by atoms with E-state index in [9.17, 15) is 9.59 Å². The van der Waals surface area contributed by atoms with Crippen molar-refractivity contribution in [1.82, 2.24) is 0 Å². The van der Waals surface area contributed by atoms with Gasteiger partial charge in [0.05, 0.1) is 6.10 Å². The Morgan fingerprint density at radius 1 is 1.05 bits per heavy atom. The van der Waals surface area contributed by atoms with E-state index in [1.165, 1.54) is 0 Å². The highest BCUT2D eigenvalue weighted by Crippen LogP contribution is 2.60. The molecular weight excluding hydrogens is 496 g/mol. The summed E-state index contributed by atoms with van der Waals surface area (Å²) in [5, 5.41) is 0.0499. The Hall–Kier alpha value is -1.55.